The van der Waals surface area contributed by atoms with E-state index in [0.717, 1.165) is 5.56 Å². The van der Waals surface area contributed by atoms with Crippen molar-refractivity contribution in [1.82, 2.24) is 4.98 Å². The van der Waals surface area contributed by atoms with Gasteiger partial charge in [-0.25, -0.2) is 9.78 Å². The molecule has 0 fully saturated rings. The predicted molar refractivity (Wildman–Crippen MR) is 49.3 cm³/mol. The number of hydrogen-bond donors (Lipinski definition) is 1. The Hall–Kier alpha value is -1.58. The highest BCUT2D eigenvalue weighted by Crippen LogP contribution is 2.09. The molecule has 4 heteroatoms. The third kappa shape index (κ3) is 2.18. The molecule has 0 aliphatic carbocycles. The van der Waals surface area contributed by atoms with Crippen LogP contribution >= 0.6 is 0 Å². The van der Waals surface area contributed by atoms with Crippen molar-refractivity contribution in [3.05, 3.63) is 23.5 Å². The number of aryl methyl sites for hydroxylation is 1. The molecule has 13 heavy (non-hydrogen) atoms. The van der Waals surface area contributed by atoms with E-state index in [1.165, 1.54) is 6.20 Å². The van der Waals surface area contributed by atoms with Crippen molar-refractivity contribution < 1.29 is 9.53 Å². The summed E-state index contributed by atoms with van der Waals surface area (Å²) in [6.45, 7) is 3.88. The van der Waals surface area contributed by atoms with Gasteiger partial charge >= 0.3 is 5.97 Å². The lowest BCUT2D eigenvalue weighted by molar-refractivity contribution is 0.0518. The average molecular weight is 180 g/mol. The van der Waals surface area contributed by atoms with Crippen LogP contribution in [0.1, 0.15) is 23.0 Å². The minimum Gasteiger partial charge on any atom is -0.461 e. The van der Waals surface area contributed by atoms with Gasteiger partial charge in [-0.05, 0) is 25.5 Å². The lowest BCUT2D eigenvalue weighted by Gasteiger charge is -2.04. The molecular formula is C9H12N2O2. The molecule has 1 aromatic rings. The Morgan fingerprint density at radius 2 is 2.38 bits per heavy atom. The largest absolute Gasteiger partial charge is 0.461 e. The second-order valence-electron chi connectivity index (χ2n) is 2.65. The van der Waals surface area contributed by atoms with Crippen LogP contribution in [0, 0.1) is 6.92 Å². The molecule has 1 heterocycles. The summed E-state index contributed by atoms with van der Waals surface area (Å²) in [6.07, 6.45) is 1.44. The van der Waals surface area contributed by atoms with Crippen molar-refractivity contribution >= 4 is 11.7 Å². The third-order valence-corrected chi connectivity index (χ3v) is 1.57. The number of aromatic nitrogens is 1. The molecular weight excluding hydrogens is 168 g/mol. The van der Waals surface area contributed by atoms with Crippen molar-refractivity contribution in [1.29, 1.82) is 0 Å². The molecule has 0 aromatic carbocycles. The fraction of sp³-hybridized carbons (Fsp3) is 0.333. The molecule has 0 radical (unpaired) electrons. The van der Waals surface area contributed by atoms with Gasteiger partial charge in [0.25, 0.3) is 0 Å². The molecule has 1 rings (SSSR count). The maximum atomic E-state index is 11.3. The number of rotatable bonds is 2. The number of carbonyl (C=O) groups is 1. The Kier molecular flexibility index (Phi) is 2.84. The molecule has 70 valence electrons. The Balaban J connectivity index is 2.95. The molecule has 0 aliphatic heterocycles. The zero-order valence-corrected chi connectivity index (χ0v) is 7.70. The molecule has 0 saturated carbocycles. The van der Waals surface area contributed by atoms with Crippen molar-refractivity contribution in [3.8, 4) is 0 Å². The van der Waals surface area contributed by atoms with Crippen LogP contribution in [-0.4, -0.2) is 17.6 Å². The normalized spacial score (nSPS) is 9.69. The Morgan fingerprint density at radius 1 is 1.69 bits per heavy atom. The summed E-state index contributed by atoms with van der Waals surface area (Å²) in [6, 6.07) is 1.69. The molecule has 0 saturated heterocycles. The van der Waals surface area contributed by atoms with E-state index in [0.29, 0.717) is 18.0 Å². The van der Waals surface area contributed by atoms with E-state index >= 15 is 0 Å². The summed E-state index contributed by atoms with van der Waals surface area (Å²) >= 11 is 0. The van der Waals surface area contributed by atoms with Gasteiger partial charge < -0.3 is 10.5 Å². The molecule has 0 atom stereocenters. The van der Waals surface area contributed by atoms with E-state index in [9.17, 15) is 4.79 Å². The maximum Gasteiger partial charge on any atom is 0.357 e. The van der Waals surface area contributed by atoms with E-state index in [2.05, 4.69) is 4.98 Å². The highest BCUT2D eigenvalue weighted by Gasteiger charge is 2.10. The van der Waals surface area contributed by atoms with E-state index in [1.54, 1.807) is 19.9 Å². The number of anilines is 1. The average Bonchev–Trinajstić information content (AvgIpc) is 2.04. The number of ether oxygens (including phenoxy) is 1. The number of esters is 1. The first kappa shape index (κ1) is 9.51. The van der Waals surface area contributed by atoms with Gasteiger partial charge in [0.1, 0.15) is 0 Å². The van der Waals surface area contributed by atoms with Crippen LogP contribution in [-0.2, 0) is 4.74 Å². The molecule has 0 bridgehead atoms. The molecule has 0 unspecified atom stereocenters. The van der Waals surface area contributed by atoms with Crippen LogP contribution in [0.15, 0.2) is 12.3 Å². The molecule has 0 amide bonds. The number of nitrogens with two attached hydrogens (primary N) is 1. The fourth-order valence-electron chi connectivity index (χ4n) is 1.01. The first-order valence-electron chi connectivity index (χ1n) is 4.04. The van der Waals surface area contributed by atoms with Crippen LogP contribution in [0.25, 0.3) is 0 Å². The van der Waals surface area contributed by atoms with Crippen LogP contribution in [0.2, 0.25) is 0 Å². The lowest BCUT2D eigenvalue weighted by atomic mass is 10.2. The van der Waals surface area contributed by atoms with Gasteiger partial charge in [-0.2, -0.15) is 0 Å². The molecule has 4 nitrogen and oxygen atoms in total. The highest BCUT2D eigenvalue weighted by molar-refractivity contribution is 5.89. The van der Waals surface area contributed by atoms with Gasteiger partial charge in [0.05, 0.1) is 18.5 Å². The minimum absolute atomic E-state index is 0.330. The summed E-state index contributed by atoms with van der Waals surface area (Å²) in [5, 5.41) is 0. The van der Waals surface area contributed by atoms with Gasteiger partial charge in [-0.15, -0.1) is 0 Å². The number of nitrogens with zero attached hydrogens (tertiary/aromatic N) is 1. The topological polar surface area (TPSA) is 65.2 Å². The lowest BCUT2D eigenvalue weighted by Crippen LogP contribution is -2.09. The van der Waals surface area contributed by atoms with Gasteiger partial charge in [0.15, 0.2) is 5.69 Å². The van der Waals surface area contributed by atoms with E-state index in [1.807, 2.05) is 0 Å². The first-order chi connectivity index (χ1) is 6.15. The van der Waals surface area contributed by atoms with Crippen LogP contribution < -0.4 is 5.73 Å². The maximum absolute atomic E-state index is 11.3. The second kappa shape index (κ2) is 3.89. The van der Waals surface area contributed by atoms with Gasteiger partial charge in [0.2, 0.25) is 0 Å². The van der Waals surface area contributed by atoms with Gasteiger partial charge in [-0.1, -0.05) is 0 Å². The van der Waals surface area contributed by atoms with Crippen molar-refractivity contribution in [2.45, 2.75) is 13.8 Å². The summed E-state index contributed by atoms with van der Waals surface area (Å²) in [7, 11) is 0. The number of pyridine rings is 1. The third-order valence-electron chi connectivity index (χ3n) is 1.57. The SMILES string of the molecule is CCOC(=O)c1ncc(N)cc1C. The Morgan fingerprint density at radius 3 is 2.92 bits per heavy atom. The number of hydrogen-bond acceptors (Lipinski definition) is 4. The minimum atomic E-state index is -0.403. The Labute approximate surface area is 76.7 Å². The quantitative estimate of drug-likeness (QED) is 0.693. The van der Waals surface area contributed by atoms with Crippen molar-refractivity contribution in [2.24, 2.45) is 0 Å². The summed E-state index contributed by atoms with van der Waals surface area (Å²) in [5.41, 5.74) is 7.10. The van der Waals surface area contributed by atoms with Gasteiger partial charge in [0, 0.05) is 0 Å². The molecule has 1 aromatic heterocycles. The second-order valence-corrected chi connectivity index (χ2v) is 2.65. The zero-order valence-electron chi connectivity index (χ0n) is 7.70. The van der Waals surface area contributed by atoms with Crippen LogP contribution in [0.5, 0.6) is 0 Å². The first-order valence-corrected chi connectivity index (χ1v) is 4.04. The fourth-order valence-corrected chi connectivity index (χ4v) is 1.01. The van der Waals surface area contributed by atoms with Crippen LogP contribution in [0.4, 0.5) is 5.69 Å². The summed E-state index contributed by atoms with van der Waals surface area (Å²) in [4.78, 5) is 15.1. The van der Waals surface area contributed by atoms with E-state index in [4.69, 9.17) is 10.5 Å². The number of nitrogen functional groups attached to an aromatic ring is 1. The molecule has 2 N–H and O–H groups in total. The number of carbonyl (C=O) groups excluding carboxylic acids is 1. The van der Waals surface area contributed by atoms with Gasteiger partial charge in [-0.3, -0.25) is 0 Å². The molecule has 0 aliphatic rings. The smallest absolute Gasteiger partial charge is 0.357 e. The Bertz CT molecular complexity index is 323. The highest BCUT2D eigenvalue weighted by atomic mass is 16.5. The predicted octanol–water partition coefficient (Wildman–Crippen LogP) is 1.15. The molecule has 0 spiro atoms. The van der Waals surface area contributed by atoms with Crippen LogP contribution in [0.3, 0.4) is 0 Å². The van der Waals surface area contributed by atoms with E-state index in [-0.39, 0.29) is 0 Å². The standard InChI is InChI=1S/C9H12N2O2/c1-3-13-9(12)8-6(2)4-7(10)5-11-8/h4-5H,3,10H2,1-2H3. The van der Waals surface area contributed by atoms with Crippen molar-refractivity contribution in [3.63, 3.8) is 0 Å². The summed E-state index contributed by atoms with van der Waals surface area (Å²) < 4.78 is 4.81. The van der Waals surface area contributed by atoms with E-state index < -0.39 is 5.97 Å². The zero-order chi connectivity index (χ0) is 9.84. The monoisotopic (exact) mass is 180 g/mol. The summed E-state index contributed by atoms with van der Waals surface area (Å²) in [5.74, 6) is -0.403. The van der Waals surface area contributed by atoms with Crippen molar-refractivity contribution in [2.75, 3.05) is 12.3 Å².